The summed E-state index contributed by atoms with van der Waals surface area (Å²) in [6.07, 6.45) is 4.69. The molecule has 0 fully saturated rings. The van der Waals surface area contributed by atoms with Crippen LogP contribution in [0, 0.1) is 5.82 Å². The number of primary amides is 1. The zero-order chi connectivity index (χ0) is 20.5. The highest BCUT2D eigenvalue weighted by Crippen LogP contribution is 2.35. The maximum absolute atomic E-state index is 13.4. The van der Waals surface area contributed by atoms with Crippen LogP contribution >= 0.6 is 23.1 Å². The van der Waals surface area contributed by atoms with Gasteiger partial charge in [-0.1, -0.05) is 23.9 Å². The molecule has 4 rings (SSSR count). The van der Waals surface area contributed by atoms with E-state index in [0.29, 0.717) is 18.1 Å². The lowest BCUT2D eigenvalue weighted by molar-refractivity contribution is -0.117. The fourth-order valence-corrected chi connectivity index (χ4v) is 5.80. The Hall–Kier alpha value is -2.19. The zero-order valence-corrected chi connectivity index (χ0v) is 17.7. The molecule has 0 spiro atoms. The maximum atomic E-state index is 13.4. The Kier molecular flexibility index (Phi) is 5.74. The van der Waals surface area contributed by atoms with Gasteiger partial charge in [0.25, 0.3) is 5.56 Å². The number of nitrogens with two attached hydrogens (primary N) is 1. The number of aromatic nitrogens is 2. The third-order valence-corrected chi connectivity index (χ3v) is 7.55. The molecule has 3 aromatic rings. The van der Waals surface area contributed by atoms with E-state index in [1.807, 2.05) is 0 Å². The molecule has 1 unspecified atom stereocenters. The first-order valence-electron chi connectivity index (χ1n) is 9.69. The quantitative estimate of drug-likeness (QED) is 0.477. The van der Waals surface area contributed by atoms with Crippen molar-refractivity contribution in [2.45, 2.75) is 56.0 Å². The minimum absolute atomic E-state index is 0.0596. The van der Waals surface area contributed by atoms with E-state index in [0.717, 1.165) is 47.0 Å². The number of halogens is 1. The molecule has 0 aliphatic heterocycles. The third-order valence-electron chi connectivity index (χ3n) is 5.26. The van der Waals surface area contributed by atoms with Crippen molar-refractivity contribution in [1.29, 1.82) is 0 Å². The minimum atomic E-state index is -0.494. The molecule has 0 bridgehead atoms. The Morgan fingerprint density at radius 3 is 2.76 bits per heavy atom. The van der Waals surface area contributed by atoms with E-state index in [2.05, 4.69) is 0 Å². The first-order chi connectivity index (χ1) is 13.9. The molecule has 2 N–H and O–H groups in total. The first kappa shape index (κ1) is 20.1. The Bertz CT molecular complexity index is 1120. The molecule has 2 aromatic heterocycles. The van der Waals surface area contributed by atoms with E-state index in [9.17, 15) is 14.0 Å². The fraction of sp³-hybridized carbons (Fsp3) is 0.381. The Morgan fingerprint density at radius 1 is 1.31 bits per heavy atom. The second-order valence-corrected chi connectivity index (χ2v) is 9.67. The van der Waals surface area contributed by atoms with Crippen LogP contribution in [0.1, 0.15) is 35.8 Å². The molecule has 152 valence electrons. The number of hydrogen-bond donors (Lipinski definition) is 1. The van der Waals surface area contributed by atoms with Gasteiger partial charge in [-0.25, -0.2) is 9.37 Å². The molecule has 1 aliphatic rings. The van der Waals surface area contributed by atoms with Crippen LogP contribution in [-0.2, 0) is 30.6 Å². The molecule has 0 radical (unpaired) electrons. The molecule has 5 nitrogen and oxygen atoms in total. The average Bonchev–Trinajstić information content (AvgIpc) is 3.07. The lowest BCUT2D eigenvalue weighted by Gasteiger charge is -2.15. The van der Waals surface area contributed by atoms with Crippen LogP contribution in [-0.4, -0.2) is 20.7 Å². The number of benzene rings is 1. The van der Waals surface area contributed by atoms with Gasteiger partial charge in [0.2, 0.25) is 5.91 Å². The number of hydrogen-bond acceptors (Lipinski definition) is 5. The topological polar surface area (TPSA) is 78.0 Å². The van der Waals surface area contributed by atoms with Crippen molar-refractivity contribution >= 4 is 39.2 Å². The van der Waals surface area contributed by atoms with Gasteiger partial charge >= 0.3 is 0 Å². The highest BCUT2D eigenvalue weighted by molar-refractivity contribution is 8.00. The van der Waals surface area contributed by atoms with Crippen LogP contribution in [0.25, 0.3) is 10.2 Å². The summed E-state index contributed by atoms with van der Waals surface area (Å²) in [6.45, 7) is 2.12. The van der Waals surface area contributed by atoms with Crippen molar-refractivity contribution in [1.82, 2.24) is 9.55 Å². The molecule has 1 aromatic carbocycles. The lowest BCUT2D eigenvalue weighted by Crippen LogP contribution is -2.28. The van der Waals surface area contributed by atoms with E-state index in [4.69, 9.17) is 10.7 Å². The smallest absolute Gasteiger partial charge is 0.263 e. The minimum Gasteiger partial charge on any atom is -0.369 e. The Labute approximate surface area is 176 Å². The number of rotatable bonds is 6. The zero-order valence-electron chi connectivity index (χ0n) is 16.1. The number of nitrogens with zero attached hydrogens (tertiary/aromatic N) is 2. The van der Waals surface area contributed by atoms with E-state index in [-0.39, 0.29) is 11.4 Å². The first-order valence-corrected chi connectivity index (χ1v) is 11.4. The van der Waals surface area contributed by atoms with Gasteiger partial charge in [0.1, 0.15) is 10.6 Å². The highest BCUT2D eigenvalue weighted by atomic mass is 32.2. The number of amides is 1. The summed E-state index contributed by atoms with van der Waals surface area (Å²) in [5, 5.41) is 0.736. The predicted octanol–water partition coefficient (Wildman–Crippen LogP) is 3.68. The van der Waals surface area contributed by atoms with Gasteiger partial charge in [-0.05, 0) is 62.3 Å². The molecule has 8 heteroatoms. The van der Waals surface area contributed by atoms with Crippen molar-refractivity contribution in [3.8, 4) is 0 Å². The van der Waals surface area contributed by atoms with E-state index in [1.54, 1.807) is 35.0 Å². The standard InChI is InChI=1S/C21H22FN3O2S2/c1-12(18(23)26)28-21-24-19-17(15-4-2-3-5-16(15)29-19)20(27)25(21)11-10-13-6-8-14(22)9-7-13/h6-9,12H,2-5,10-11H2,1H3,(H2,23,26). The number of fused-ring (bicyclic) bond motifs is 3. The summed E-state index contributed by atoms with van der Waals surface area (Å²) >= 11 is 2.81. The fourth-order valence-electron chi connectivity index (χ4n) is 3.62. The molecule has 1 aliphatic carbocycles. The SMILES string of the molecule is CC(Sc1nc2sc3c(c2c(=O)n1CCc1ccc(F)cc1)CCCC3)C(N)=O. The molecule has 29 heavy (non-hydrogen) atoms. The van der Waals surface area contributed by atoms with Crippen LogP contribution in [0.2, 0.25) is 0 Å². The van der Waals surface area contributed by atoms with Crippen LogP contribution < -0.4 is 11.3 Å². The van der Waals surface area contributed by atoms with Gasteiger partial charge in [-0.2, -0.15) is 0 Å². The number of thioether (sulfide) groups is 1. The second kappa shape index (κ2) is 8.28. The van der Waals surface area contributed by atoms with E-state index in [1.165, 1.54) is 28.8 Å². The van der Waals surface area contributed by atoms with Crippen LogP contribution in [0.3, 0.4) is 0 Å². The summed E-state index contributed by atoms with van der Waals surface area (Å²) in [5.74, 6) is -0.731. The molecule has 1 atom stereocenters. The number of aryl methyl sites for hydroxylation is 3. The molecule has 2 heterocycles. The molecule has 1 amide bonds. The summed E-state index contributed by atoms with van der Waals surface area (Å²) in [5.41, 5.74) is 7.45. The van der Waals surface area contributed by atoms with Crippen molar-refractivity contribution in [2.75, 3.05) is 0 Å². The normalized spacial score (nSPS) is 14.7. The molecular formula is C21H22FN3O2S2. The number of carbonyl (C=O) groups excluding carboxylic acids is 1. The van der Waals surface area contributed by atoms with Crippen molar-refractivity contribution in [3.05, 3.63) is 56.4 Å². The van der Waals surface area contributed by atoms with Crippen molar-refractivity contribution in [2.24, 2.45) is 5.73 Å². The van der Waals surface area contributed by atoms with Gasteiger partial charge in [-0.15, -0.1) is 11.3 Å². The van der Waals surface area contributed by atoms with E-state index >= 15 is 0 Å². The molecule has 0 saturated heterocycles. The van der Waals surface area contributed by atoms with Gasteiger partial charge < -0.3 is 5.73 Å². The summed E-state index contributed by atoms with van der Waals surface area (Å²) in [7, 11) is 0. The van der Waals surface area contributed by atoms with Crippen molar-refractivity contribution in [3.63, 3.8) is 0 Å². The van der Waals surface area contributed by atoms with Gasteiger partial charge in [-0.3, -0.25) is 14.2 Å². The van der Waals surface area contributed by atoms with Crippen LogP contribution in [0.5, 0.6) is 0 Å². The summed E-state index contributed by atoms with van der Waals surface area (Å²) < 4.78 is 14.8. The average molecular weight is 432 g/mol. The summed E-state index contributed by atoms with van der Waals surface area (Å²) in [4.78, 5) is 31.8. The summed E-state index contributed by atoms with van der Waals surface area (Å²) in [6, 6.07) is 6.27. The Balaban J connectivity index is 1.77. The molecule has 0 saturated carbocycles. The van der Waals surface area contributed by atoms with Crippen LogP contribution in [0.4, 0.5) is 4.39 Å². The van der Waals surface area contributed by atoms with E-state index < -0.39 is 11.2 Å². The highest BCUT2D eigenvalue weighted by Gasteiger charge is 2.23. The predicted molar refractivity (Wildman–Crippen MR) is 115 cm³/mol. The number of thiophene rings is 1. The Morgan fingerprint density at radius 2 is 2.03 bits per heavy atom. The van der Waals surface area contributed by atoms with Gasteiger partial charge in [0.15, 0.2) is 5.16 Å². The van der Waals surface area contributed by atoms with Gasteiger partial charge in [0.05, 0.1) is 10.6 Å². The second-order valence-electron chi connectivity index (χ2n) is 7.28. The van der Waals surface area contributed by atoms with Crippen molar-refractivity contribution < 1.29 is 9.18 Å². The number of carbonyl (C=O) groups is 1. The van der Waals surface area contributed by atoms with Gasteiger partial charge in [0, 0.05) is 11.4 Å². The maximum Gasteiger partial charge on any atom is 0.263 e. The lowest BCUT2D eigenvalue weighted by atomic mass is 9.97. The largest absolute Gasteiger partial charge is 0.369 e. The third kappa shape index (κ3) is 4.09. The van der Waals surface area contributed by atoms with Crippen LogP contribution in [0.15, 0.2) is 34.2 Å². The molecular weight excluding hydrogens is 409 g/mol. The monoisotopic (exact) mass is 431 g/mol.